The fourth-order valence-corrected chi connectivity index (χ4v) is 0. The van der Waals surface area contributed by atoms with Crippen LogP contribution in [0.4, 0.5) is 0 Å². The standard InChI is InChI=1S/Al.H2O4S.Ti.3H/c;1-5(2,3)4;;;;/h;(H2,1,2,3,4);;;;. The van der Waals surface area contributed by atoms with E-state index in [1.54, 1.807) is 0 Å². The number of hydrogen-bond acceptors (Lipinski definition) is 2. The van der Waals surface area contributed by atoms with Gasteiger partial charge in [0.05, 0.1) is 0 Å². The first-order valence-corrected chi connectivity index (χ1v) is 2.10. The minimum atomic E-state index is -4.67. The molecule has 0 aliphatic carbocycles. The van der Waals surface area contributed by atoms with Gasteiger partial charge in [0.2, 0.25) is 0 Å². The van der Waals surface area contributed by atoms with Crippen molar-refractivity contribution in [3.05, 3.63) is 0 Å². The number of rotatable bonds is 0. The fourth-order valence-electron chi connectivity index (χ4n) is 0. The Morgan fingerprint density at radius 2 is 1.14 bits per heavy atom. The molecule has 0 aliphatic rings. The molecule has 0 bridgehead atoms. The van der Waals surface area contributed by atoms with E-state index in [1.165, 1.54) is 0 Å². The molecule has 0 fully saturated rings. The molecule has 7 heavy (non-hydrogen) atoms. The molecule has 4 nitrogen and oxygen atoms in total. The molecule has 42 valence electrons. The largest absolute Gasteiger partial charge is 0.394 e. The van der Waals surface area contributed by atoms with Gasteiger partial charge in [-0.05, 0) is 0 Å². The van der Waals surface area contributed by atoms with E-state index in [4.69, 9.17) is 17.5 Å². The quantitative estimate of drug-likeness (QED) is 0.336. The maximum Gasteiger partial charge on any atom is 0.394 e. The van der Waals surface area contributed by atoms with Crippen LogP contribution in [0.25, 0.3) is 0 Å². The molecule has 0 saturated carbocycles. The maximum absolute atomic E-state index is 8.74. The van der Waals surface area contributed by atoms with Crippen LogP contribution in [0.5, 0.6) is 0 Å². The maximum atomic E-state index is 8.74. The summed E-state index contributed by atoms with van der Waals surface area (Å²) in [6.07, 6.45) is 0. The average Bonchev–Trinajstić information content (AvgIpc) is 0.722. The molecule has 0 saturated heterocycles. The minimum Gasteiger partial charge on any atom is -0.264 e. The van der Waals surface area contributed by atoms with Crippen molar-refractivity contribution >= 4 is 27.8 Å². The summed E-state index contributed by atoms with van der Waals surface area (Å²) < 4.78 is 31.6. The molecule has 0 radical (unpaired) electrons. The molecule has 0 amide bonds. The molecular weight excluding hydrogens is 171 g/mol. The molecule has 0 unspecified atom stereocenters. The number of hydrogen-bond donors (Lipinski definition) is 2. The van der Waals surface area contributed by atoms with E-state index >= 15 is 0 Å². The third-order valence-electron chi connectivity index (χ3n) is 0. The summed E-state index contributed by atoms with van der Waals surface area (Å²) in [5.41, 5.74) is 0. The first kappa shape index (κ1) is 15.7. The average molecular weight is 176 g/mol. The molecule has 0 heterocycles. The van der Waals surface area contributed by atoms with Gasteiger partial charge < -0.3 is 0 Å². The van der Waals surface area contributed by atoms with E-state index < -0.39 is 10.4 Å². The van der Waals surface area contributed by atoms with Crippen molar-refractivity contribution in [2.45, 2.75) is 0 Å². The second kappa shape index (κ2) is 5.26. The van der Waals surface area contributed by atoms with Crippen LogP contribution in [0, 0.1) is 0 Å². The molecule has 0 rings (SSSR count). The van der Waals surface area contributed by atoms with Crippen molar-refractivity contribution in [1.29, 1.82) is 0 Å². The fraction of sp³-hybridized carbons (Fsp3) is 0. The van der Waals surface area contributed by atoms with Crippen LogP contribution < -0.4 is 0 Å². The van der Waals surface area contributed by atoms with E-state index in [2.05, 4.69) is 0 Å². The zero-order valence-corrected chi connectivity index (χ0v) is 5.00. The van der Waals surface area contributed by atoms with Crippen molar-refractivity contribution in [3.63, 3.8) is 0 Å². The van der Waals surface area contributed by atoms with Gasteiger partial charge in [-0.25, -0.2) is 0 Å². The Hall–Kier alpha value is 1.12. The molecule has 0 aliphatic heterocycles. The van der Waals surface area contributed by atoms with Gasteiger partial charge >= 0.3 is 10.4 Å². The zero-order valence-electron chi connectivity index (χ0n) is 2.62. The van der Waals surface area contributed by atoms with Crippen LogP contribution in [-0.2, 0) is 32.1 Å². The Labute approximate surface area is 66.9 Å². The Morgan fingerprint density at radius 1 is 1.14 bits per heavy atom. The molecular formula is H5AlO4STi. The summed E-state index contributed by atoms with van der Waals surface area (Å²) >= 11 is 0. The van der Waals surface area contributed by atoms with Gasteiger partial charge in [0, 0.05) is 21.7 Å². The Balaban J connectivity index is -0.0000000800. The third-order valence-corrected chi connectivity index (χ3v) is 0. The Kier molecular flexibility index (Phi) is 11.8. The predicted octanol–water partition coefficient (Wildman–Crippen LogP) is -1.84. The summed E-state index contributed by atoms with van der Waals surface area (Å²) in [5.74, 6) is 0. The van der Waals surface area contributed by atoms with Crippen molar-refractivity contribution in [2.75, 3.05) is 0 Å². The first-order valence-electron chi connectivity index (χ1n) is 0.698. The summed E-state index contributed by atoms with van der Waals surface area (Å²) in [6, 6.07) is 0. The van der Waals surface area contributed by atoms with E-state index in [1.807, 2.05) is 0 Å². The van der Waals surface area contributed by atoms with Gasteiger partial charge in [-0.3, -0.25) is 9.11 Å². The molecule has 0 aromatic rings. The van der Waals surface area contributed by atoms with Gasteiger partial charge in [0.1, 0.15) is 0 Å². The van der Waals surface area contributed by atoms with Crippen LogP contribution in [0.1, 0.15) is 0 Å². The molecule has 0 atom stereocenters. The minimum absolute atomic E-state index is 0. The third kappa shape index (κ3) is 149. The zero-order chi connectivity index (χ0) is 4.50. The molecule has 0 aromatic carbocycles. The van der Waals surface area contributed by atoms with Crippen molar-refractivity contribution in [1.82, 2.24) is 0 Å². The van der Waals surface area contributed by atoms with E-state index in [9.17, 15) is 0 Å². The SMILES string of the molecule is O=S(=O)(O)O.[AlH3].[Ti]. The van der Waals surface area contributed by atoms with Crippen molar-refractivity contribution in [3.8, 4) is 0 Å². The Bertz CT molecular complexity index is 94.9. The molecule has 7 heteroatoms. The van der Waals surface area contributed by atoms with Gasteiger partial charge in [-0.15, -0.1) is 0 Å². The summed E-state index contributed by atoms with van der Waals surface area (Å²) in [6.45, 7) is 0. The van der Waals surface area contributed by atoms with Gasteiger partial charge in [0.25, 0.3) is 0 Å². The predicted molar refractivity (Wildman–Crippen MR) is 24.1 cm³/mol. The van der Waals surface area contributed by atoms with Gasteiger partial charge in [0.15, 0.2) is 17.4 Å². The molecule has 0 spiro atoms. The summed E-state index contributed by atoms with van der Waals surface area (Å²) in [7, 11) is -4.67. The van der Waals surface area contributed by atoms with Gasteiger partial charge in [-0.1, -0.05) is 0 Å². The van der Waals surface area contributed by atoms with Crippen LogP contribution >= 0.6 is 0 Å². The smallest absolute Gasteiger partial charge is 0.264 e. The summed E-state index contributed by atoms with van der Waals surface area (Å²) in [5, 5.41) is 0. The van der Waals surface area contributed by atoms with E-state index in [0.29, 0.717) is 0 Å². The van der Waals surface area contributed by atoms with Crippen LogP contribution in [0.3, 0.4) is 0 Å². The second-order valence-electron chi connectivity index (χ2n) is 0.448. The topological polar surface area (TPSA) is 74.6 Å². The van der Waals surface area contributed by atoms with Crippen molar-refractivity contribution < 1.29 is 39.2 Å². The van der Waals surface area contributed by atoms with Crippen molar-refractivity contribution in [2.24, 2.45) is 0 Å². The van der Waals surface area contributed by atoms with E-state index in [-0.39, 0.29) is 39.1 Å². The van der Waals surface area contributed by atoms with Crippen LogP contribution in [-0.4, -0.2) is 34.9 Å². The normalized spacial score (nSPS) is 8.29. The Morgan fingerprint density at radius 3 is 1.14 bits per heavy atom. The molecule has 0 aromatic heterocycles. The van der Waals surface area contributed by atoms with Crippen LogP contribution in [0.2, 0.25) is 0 Å². The molecule has 2 N–H and O–H groups in total. The second-order valence-corrected chi connectivity index (χ2v) is 1.34. The summed E-state index contributed by atoms with van der Waals surface area (Å²) in [4.78, 5) is 0. The first-order chi connectivity index (χ1) is 2.00. The van der Waals surface area contributed by atoms with E-state index in [0.717, 1.165) is 0 Å². The van der Waals surface area contributed by atoms with Crippen LogP contribution in [0.15, 0.2) is 0 Å². The monoisotopic (exact) mass is 176 g/mol. The van der Waals surface area contributed by atoms with Gasteiger partial charge in [-0.2, -0.15) is 8.42 Å².